The van der Waals surface area contributed by atoms with E-state index in [2.05, 4.69) is 10.6 Å². The molecule has 0 heterocycles. The van der Waals surface area contributed by atoms with Gasteiger partial charge < -0.3 is 10.4 Å². The van der Waals surface area contributed by atoms with E-state index in [9.17, 15) is 14.4 Å². The molecule has 6 nitrogen and oxygen atoms in total. The van der Waals surface area contributed by atoms with Crippen LogP contribution in [0, 0.1) is 6.92 Å². The predicted octanol–water partition coefficient (Wildman–Crippen LogP) is 1.97. The van der Waals surface area contributed by atoms with E-state index in [1.165, 1.54) is 0 Å². The van der Waals surface area contributed by atoms with Gasteiger partial charge in [0, 0.05) is 19.4 Å². The average Bonchev–Trinajstić information content (AvgIpc) is 2.43. The van der Waals surface area contributed by atoms with E-state index in [4.69, 9.17) is 5.11 Å². The van der Waals surface area contributed by atoms with Crippen LogP contribution in [0.25, 0.3) is 0 Å². The SMILES string of the molecule is Cc1ccc(CNC(=O)NC(=O)CCCCC(=O)O)cc1. The Hall–Kier alpha value is -2.37. The normalized spacial score (nSPS) is 9.95. The molecular formula is C15H20N2O4. The minimum atomic E-state index is -0.883. The highest BCUT2D eigenvalue weighted by atomic mass is 16.4. The molecule has 0 radical (unpaired) electrons. The number of aryl methyl sites for hydroxylation is 1. The summed E-state index contributed by atoms with van der Waals surface area (Å²) in [6, 6.07) is 7.16. The highest BCUT2D eigenvalue weighted by Gasteiger charge is 2.07. The summed E-state index contributed by atoms with van der Waals surface area (Å²) < 4.78 is 0. The van der Waals surface area contributed by atoms with E-state index in [0.29, 0.717) is 19.4 Å². The van der Waals surface area contributed by atoms with Crippen molar-refractivity contribution >= 4 is 17.9 Å². The number of hydrogen-bond acceptors (Lipinski definition) is 3. The van der Waals surface area contributed by atoms with Crippen LogP contribution >= 0.6 is 0 Å². The number of benzene rings is 1. The first-order chi connectivity index (χ1) is 9.97. The zero-order chi connectivity index (χ0) is 15.7. The summed E-state index contributed by atoms with van der Waals surface area (Å²) >= 11 is 0. The molecule has 0 unspecified atom stereocenters. The second-order valence-electron chi connectivity index (χ2n) is 4.82. The molecule has 1 aromatic carbocycles. The van der Waals surface area contributed by atoms with Crippen molar-refractivity contribution in [2.24, 2.45) is 0 Å². The molecule has 0 saturated carbocycles. The van der Waals surface area contributed by atoms with Crippen LogP contribution in [0.15, 0.2) is 24.3 Å². The van der Waals surface area contributed by atoms with Gasteiger partial charge >= 0.3 is 12.0 Å². The Kier molecular flexibility index (Phi) is 6.94. The first-order valence-corrected chi connectivity index (χ1v) is 6.82. The van der Waals surface area contributed by atoms with E-state index < -0.39 is 17.9 Å². The van der Waals surface area contributed by atoms with Crippen molar-refractivity contribution in [3.63, 3.8) is 0 Å². The highest BCUT2D eigenvalue weighted by molar-refractivity contribution is 5.94. The van der Waals surface area contributed by atoms with Crippen LogP contribution in [-0.2, 0) is 16.1 Å². The molecule has 3 N–H and O–H groups in total. The third kappa shape index (κ3) is 7.71. The van der Waals surface area contributed by atoms with Gasteiger partial charge in [0.05, 0.1) is 0 Å². The molecule has 21 heavy (non-hydrogen) atoms. The zero-order valence-corrected chi connectivity index (χ0v) is 12.0. The number of aliphatic carboxylic acids is 1. The lowest BCUT2D eigenvalue weighted by molar-refractivity contribution is -0.137. The topological polar surface area (TPSA) is 95.5 Å². The van der Waals surface area contributed by atoms with E-state index in [1.54, 1.807) is 0 Å². The summed E-state index contributed by atoms with van der Waals surface area (Å²) in [5, 5.41) is 13.3. The molecular weight excluding hydrogens is 272 g/mol. The molecule has 3 amide bonds. The van der Waals surface area contributed by atoms with Crippen molar-refractivity contribution < 1.29 is 19.5 Å². The van der Waals surface area contributed by atoms with Gasteiger partial charge in [-0.05, 0) is 25.3 Å². The Morgan fingerprint density at radius 2 is 1.67 bits per heavy atom. The lowest BCUT2D eigenvalue weighted by atomic mass is 10.1. The van der Waals surface area contributed by atoms with E-state index in [1.807, 2.05) is 31.2 Å². The second-order valence-corrected chi connectivity index (χ2v) is 4.82. The molecule has 0 aliphatic heterocycles. The third-order valence-corrected chi connectivity index (χ3v) is 2.87. The van der Waals surface area contributed by atoms with Gasteiger partial charge in [-0.2, -0.15) is 0 Å². The molecule has 0 bridgehead atoms. The summed E-state index contributed by atoms with van der Waals surface area (Å²) in [6.45, 7) is 2.32. The molecule has 0 aliphatic carbocycles. The number of carbonyl (C=O) groups is 3. The number of carboxylic acid groups (broad SMARTS) is 1. The number of amides is 3. The van der Waals surface area contributed by atoms with Gasteiger partial charge in [0.2, 0.25) is 5.91 Å². The Labute approximate surface area is 123 Å². The highest BCUT2D eigenvalue weighted by Crippen LogP contribution is 2.02. The van der Waals surface area contributed by atoms with Crippen molar-refractivity contribution in [3.8, 4) is 0 Å². The van der Waals surface area contributed by atoms with Gasteiger partial charge in [0.15, 0.2) is 0 Å². The van der Waals surface area contributed by atoms with Crippen LogP contribution in [0.2, 0.25) is 0 Å². The number of carbonyl (C=O) groups excluding carboxylic acids is 2. The maximum atomic E-state index is 11.5. The average molecular weight is 292 g/mol. The second kappa shape index (κ2) is 8.73. The molecule has 0 spiro atoms. The third-order valence-electron chi connectivity index (χ3n) is 2.87. The van der Waals surface area contributed by atoms with Crippen LogP contribution in [0.1, 0.15) is 36.8 Å². The number of nitrogens with one attached hydrogen (secondary N) is 2. The van der Waals surface area contributed by atoms with E-state index >= 15 is 0 Å². The van der Waals surface area contributed by atoms with Crippen LogP contribution in [0.4, 0.5) is 4.79 Å². The molecule has 114 valence electrons. The van der Waals surface area contributed by atoms with Crippen molar-refractivity contribution in [1.29, 1.82) is 0 Å². The first kappa shape index (κ1) is 16.7. The maximum Gasteiger partial charge on any atom is 0.321 e. The van der Waals surface area contributed by atoms with Crippen LogP contribution in [0.3, 0.4) is 0 Å². The Morgan fingerprint density at radius 1 is 1.05 bits per heavy atom. The van der Waals surface area contributed by atoms with Crippen LogP contribution in [-0.4, -0.2) is 23.0 Å². The Bertz CT molecular complexity index is 497. The Morgan fingerprint density at radius 3 is 2.29 bits per heavy atom. The first-order valence-electron chi connectivity index (χ1n) is 6.82. The molecule has 0 fully saturated rings. The molecule has 6 heteroatoms. The van der Waals surface area contributed by atoms with Gasteiger partial charge in [-0.3, -0.25) is 14.9 Å². The van der Waals surface area contributed by atoms with Gasteiger partial charge in [0.25, 0.3) is 0 Å². The lowest BCUT2D eigenvalue weighted by Crippen LogP contribution is -2.38. The molecule has 0 atom stereocenters. The Balaban J connectivity index is 2.19. The summed E-state index contributed by atoms with van der Waals surface area (Å²) in [7, 11) is 0. The smallest absolute Gasteiger partial charge is 0.321 e. The van der Waals surface area contributed by atoms with Gasteiger partial charge in [0.1, 0.15) is 0 Å². The fourth-order valence-corrected chi connectivity index (χ4v) is 1.68. The molecule has 0 aliphatic rings. The van der Waals surface area contributed by atoms with Crippen LogP contribution in [0.5, 0.6) is 0 Å². The van der Waals surface area contributed by atoms with Crippen molar-refractivity contribution in [2.45, 2.75) is 39.2 Å². The zero-order valence-electron chi connectivity index (χ0n) is 12.0. The number of unbranched alkanes of at least 4 members (excludes halogenated alkanes) is 1. The molecule has 1 rings (SSSR count). The van der Waals surface area contributed by atoms with Gasteiger partial charge in [-0.1, -0.05) is 29.8 Å². The van der Waals surface area contributed by atoms with Gasteiger partial charge in [-0.15, -0.1) is 0 Å². The van der Waals surface area contributed by atoms with Crippen molar-refractivity contribution in [1.82, 2.24) is 10.6 Å². The molecule has 1 aromatic rings. The van der Waals surface area contributed by atoms with Crippen LogP contribution < -0.4 is 10.6 Å². The van der Waals surface area contributed by atoms with E-state index in [0.717, 1.165) is 11.1 Å². The number of urea groups is 1. The summed E-state index contributed by atoms with van der Waals surface area (Å²) in [4.78, 5) is 33.2. The quantitative estimate of drug-likeness (QED) is 0.669. The predicted molar refractivity (Wildman–Crippen MR) is 77.7 cm³/mol. The molecule has 0 aromatic heterocycles. The maximum absolute atomic E-state index is 11.5. The standard InChI is InChI=1S/C15H20N2O4/c1-11-6-8-12(9-7-11)10-16-15(21)17-13(18)4-2-3-5-14(19)20/h6-9H,2-5,10H2,1H3,(H,19,20)(H2,16,17,18,21). The number of rotatable bonds is 7. The fraction of sp³-hybridized carbons (Fsp3) is 0.400. The summed E-state index contributed by atoms with van der Waals surface area (Å²) in [5.41, 5.74) is 2.09. The summed E-state index contributed by atoms with van der Waals surface area (Å²) in [5.74, 6) is -1.28. The molecule has 0 saturated heterocycles. The van der Waals surface area contributed by atoms with Crippen molar-refractivity contribution in [3.05, 3.63) is 35.4 Å². The summed E-state index contributed by atoms with van der Waals surface area (Å²) in [6.07, 6.45) is 1.05. The van der Waals surface area contributed by atoms with Gasteiger partial charge in [-0.25, -0.2) is 4.79 Å². The fourth-order valence-electron chi connectivity index (χ4n) is 1.68. The number of carboxylic acids is 1. The number of hydrogen-bond donors (Lipinski definition) is 3. The number of imide groups is 1. The van der Waals surface area contributed by atoms with Crippen molar-refractivity contribution in [2.75, 3.05) is 0 Å². The monoisotopic (exact) mass is 292 g/mol. The van der Waals surface area contributed by atoms with E-state index in [-0.39, 0.29) is 12.8 Å². The minimum Gasteiger partial charge on any atom is -0.481 e. The largest absolute Gasteiger partial charge is 0.481 e. The lowest BCUT2D eigenvalue weighted by Gasteiger charge is -2.07. The minimum absolute atomic E-state index is 0.0346.